The van der Waals surface area contributed by atoms with Gasteiger partial charge in [-0.05, 0) is 37.9 Å². The molecule has 0 fully saturated rings. The summed E-state index contributed by atoms with van der Waals surface area (Å²) < 4.78 is 12.8. The van der Waals surface area contributed by atoms with Gasteiger partial charge in [0.05, 0.1) is 6.20 Å². The number of rotatable bonds is 5. The first-order chi connectivity index (χ1) is 6.76. The minimum atomic E-state index is -0.250. The molecule has 0 aromatic carbocycles. The van der Waals surface area contributed by atoms with Gasteiger partial charge in [0.1, 0.15) is 5.82 Å². The van der Waals surface area contributed by atoms with Crippen LogP contribution in [0.5, 0.6) is 0 Å². The molecule has 1 unspecified atom stereocenters. The highest BCUT2D eigenvalue weighted by Gasteiger charge is 2.03. The maximum Gasteiger partial charge on any atom is 0.141 e. The van der Waals surface area contributed by atoms with Crippen molar-refractivity contribution >= 4 is 0 Å². The van der Waals surface area contributed by atoms with Gasteiger partial charge < -0.3 is 5.32 Å². The number of nitrogens with zero attached hydrogens (tertiary/aromatic N) is 1. The SMILES string of the molecule is CCC(CCc1cncc(F)c1)NC. The van der Waals surface area contributed by atoms with Gasteiger partial charge in [0.15, 0.2) is 0 Å². The zero-order chi connectivity index (χ0) is 10.4. The molecule has 14 heavy (non-hydrogen) atoms. The summed E-state index contributed by atoms with van der Waals surface area (Å²) in [6.07, 6.45) is 5.96. The van der Waals surface area contributed by atoms with Gasteiger partial charge >= 0.3 is 0 Å². The standard InChI is InChI=1S/C11H17FN2/c1-3-11(13-2)5-4-9-6-10(12)8-14-7-9/h6-8,11,13H,3-5H2,1-2H3. The molecule has 78 valence electrons. The molecule has 1 heterocycles. The summed E-state index contributed by atoms with van der Waals surface area (Å²) in [5.41, 5.74) is 0.971. The Balaban J connectivity index is 2.44. The van der Waals surface area contributed by atoms with Gasteiger partial charge in [-0.2, -0.15) is 0 Å². The second-order valence-corrected chi connectivity index (χ2v) is 3.44. The summed E-state index contributed by atoms with van der Waals surface area (Å²) in [6.45, 7) is 2.14. The van der Waals surface area contributed by atoms with Gasteiger partial charge in [-0.15, -0.1) is 0 Å². The van der Waals surface area contributed by atoms with Crippen molar-refractivity contribution in [2.45, 2.75) is 32.2 Å². The van der Waals surface area contributed by atoms with Crippen molar-refractivity contribution in [2.75, 3.05) is 7.05 Å². The van der Waals surface area contributed by atoms with E-state index < -0.39 is 0 Å². The van der Waals surface area contributed by atoms with Crippen molar-refractivity contribution in [3.05, 3.63) is 29.8 Å². The molecule has 1 atom stereocenters. The summed E-state index contributed by atoms with van der Waals surface area (Å²) in [5.74, 6) is -0.250. The molecule has 0 spiro atoms. The van der Waals surface area contributed by atoms with E-state index in [4.69, 9.17) is 0 Å². The van der Waals surface area contributed by atoms with Crippen LogP contribution in [0.25, 0.3) is 0 Å². The van der Waals surface area contributed by atoms with Crippen molar-refractivity contribution in [1.82, 2.24) is 10.3 Å². The number of hydrogen-bond acceptors (Lipinski definition) is 2. The third-order valence-electron chi connectivity index (χ3n) is 2.44. The molecular weight excluding hydrogens is 179 g/mol. The van der Waals surface area contributed by atoms with E-state index in [1.165, 1.54) is 6.20 Å². The van der Waals surface area contributed by atoms with Crippen LogP contribution in [0.1, 0.15) is 25.3 Å². The summed E-state index contributed by atoms with van der Waals surface area (Å²) in [7, 11) is 1.96. The van der Waals surface area contributed by atoms with Crippen molar-refractivity contribution in [1.29, 1.82) is 0 Å². The highest BCUT2D eigenvalue weighted by molar-refractivity contribution is 5.10. The van der Waals surface area contributed by atoms with Crippen LogP contribution in [0, 0.1) is 5.82 Å². The van der Waals surface area contributed by atoms with E-state index in [2.05, 4.69) is 17.2 Å². The first-order valence-corrected chi connectivity index (χ1v) is 5.03. The average Bonchev–Trinajstić information content (AvgIpc) is 2.19. The fourth-order valence-electron chi connectivity index (χ4n) is 1.49. The van der Waals surface area contributed by atoms with Crippen molar-refractivity contribution in [3.63, 3.8) is 0 Å². The molecule has 0 aliphatic carbocycles. The highest BCUT2D eigenvalue weighted by atomic mass is 19.1. The minimum absolute atomic E-state index is 0.250. The molecule has 0 aliphatic heterocycles. The van der Waals surface area contributed by atoms with Gasteiger partial charge in [0, 0.05) is 12.2 Å². The lowest BCUT2D eigenvalue weighted by molar-refractivity contribution is 0.507. The first kappa shape index (κ1) is 11.1. The fourth-order valence-corrected chi connectivity index (χ4v) is 1.49. The molecule has 2 nitrogen and oxygen atoms in total. The second kappa shape index (κ2) is 5.70. The summed E-state index contributed by atoms with van der Waals surface area (Å²) in [6, 6.07) is 2.06. The van der Waals surface area contributed by atoms with Crippen LogP contribution in [0.2, 0.25) is 0 Å². The van der Waals surface area contributed by atoms with Crippen molar-refractivity contribution in [3.8, 4) is 0 Å². The van der Waals surface area contributed by atoms with Crippen LogP contribution >= 0.6 is 0 Å². The Morgan fingerprint density at radius 2 is 2.29 bits per heavy atom. The zero-order valence-electron chi connectivity index (χ0n) is 8.76. The average molecular weight is 196 g/mol. The quantitative estimate of drug-likeness (QED) is 0.780. The Kier molecular flexibility index (Phi) is 4.53. The van der Waals surface area contributed by atoms with Crippen molar-refractivity contribution in [2.24, 2.45) is 0 Å². The van der Waals surface area contributed by atoms with E-state index in [1.54, 1.807) is 12.3 Å². The Morgan fingerprint density at radius 1 is 1.50 bits per heavy atom. The lowest BCUT2D eigenvalue weighted by Crippen LogP contribution is -2.24. The molecule has 1 aromatic rings. The lowest BCUT2D eigenvalue weighted by Gasteiger charge is -2.12. The molecule has 1 rings (SSSR count). The number of aromatic nitrogens is 1. The Morgan fingerprint density at radius 3 is 2.86 bits per heavy atom. The minimum Gasteiger partial charge on any atom is -0.317 e. The van der Waals surface area contributed by atoms with Gasteiger partial charge in [-0.25, -0.2) is 4.39 Å². The van der Waals surface area contributed by atoms with E-state index in [9.17, 15) is 4.39 Å². The molecule has 0 amide bonds. The molecular formula is C11H17FN2. The normalized spacial score (nSPS) is 12.8. The Hall–Kier alpha value is -0.960. The molecule has 0 saturated carbocycles. The lowest BCUT2D eigenvalue weighted by atomic mass is 10.1. The van der Waals surface area contributed by atoms with Gasteiger partial charge in [0.2, 0.25) is 0 Å². The smallest absolute Gasteiger partial charge is 0.141 e. The highest BCUT2D eigenvalue weighted by Crippen LogP contribution is 2.07. The van der Waals surface area contributed by atoms with Crippen LogP contribution in [-0.2, 0) is 6.42 Å². The Bertz CT molecular complexity index is 272. The maximum atomic E-state index is 12.8. The number of pyridine rings is 1. The molecule has 1 N–H and O–H groups in total. The molecule has 0 bridgehead atoms. The van der Waals surface area contributed by atoms with Gasteiger partial charge in [-0.3, -0.25) is 4.98 Å². The molecule has 0 radical (unpaired) electrons. The summed E-state index contributed by atoms with van der Waals surface area (Å²) in [5, 5.41) is 3.22. The van der Waals surface area contributed by atoms with Crippen LogP contribution in [0.15, 0.2) is 18.5 Å². The number of hydrogen-bond donors (Lipinski definition) is 1. The van der Waals surface area contributed by atoms with Crippen LogP contribution in [-0.4, -0.2) is 18.1 Å². The van der Waals surface area contributed by atoms with Crippen molar-refractivity contribution < 1.29 is 4.39 Å². The van der Waals surface area contributed by atoms with E-state index in [0.29, 0.717) is 6.04 Å². The van der Waals surface area contributed by atoms with Crippen LogP contribution in [0.3, 0.4) is 0 Å². The predicted octanol–water partition coefficient (Wildman–Crippen LogP) is 2.15. The molecule has 0 aliphatic rings. The van der Waals surface area contributed by atoms with Gasteiger partial charge in [-0.1, -0.05) is 6.92 Å². The van der Waals surface area contributed by atoms with E-state index in [0.717, 1.165) is 24.8 Å². The van der Waals surface area contributed by atoms with Crippen LogP contribution in [0.4, 0.5) is 4.39 Å². The monoisotopic (exact) mass is 196 g/mol. The maximum absolute atomic E-state index is 12.8. The largest absolute Gasteiger partial charge is 0.317 e. The van der Waals surface area contributed by atoms with Crippen LogP contribution < -0.4 is 5.32 Å². The third-order valence-corrected chi connectivity index (χ3v) is 2.44. The molecule has 3 heteroatoms. The zero-order valence-corrected chi connectivity index (χ0v) is 8.76. The molecule has 1 aromatic heterocycles. The predicted molar refractivity (Wildman–Crippen MR) is 55.7 cm³/mol. The number of halogens is 1. The van der Waals surface area contributed by atoms with E-state index >= 15 is 0 Å². The number of aryl methyl sites for hydroxylation is 1. The number of nitrogens with one attached hydrogen (secondary N) is 1. The van der Waals surface area contributed by atoms with E-state index in [-0.39, 0.29) is 5.82 Å². The summed E-state index contributed by atoms with van der Waals surface area (Å²) >= 11 is 0. The summed E-state index contributed by atoms with van der Waals surface area (Å²) in [4.78, 5) is 3.82. The molecule has 0 saturated heterocycles. The Labute approximate surface area is 84.6 Å². The fraction of sp³-hybridized carbons (Fsp3) is 0.545. The third kappa shape index (κ3) is 3.42. The second-order valence-electron chi connectivity index (χ2n) is 3.44. The topological polar surface area (TPSA) is 24.9 Å². The van der Waals surface area contributed by atoms with Gasteiger partial charge in [0.25, 0.3) is 0 Å². The van der Waals surface area contributed by atoms with E-state index in [1.807, 2.05) is 7.05 Å². The first-order valence-electron chi connectivity index (χ1n) is 5.03.